The van der Waals surface area contributed by atoms with Crippen molar-refractivity contribution in [2.24, 2.45) is 0 Å². The van der Waals surface area contributed by atoms with Gasteiger partial charge in [0.05, 0.1) is 20.6 Å². The second-order valence-electron chi connectivity index (χ2n) is 25.9. The first-order valence-electron chi connectivity index (χ1n) is 33.8. The molecule has 0 spiro atoms. The Morgan fingerprint density at radius 2 is 0.753 bits per heavy atom. The molecule has 0 unspecified atom stereocenters. The van der Waals surface area contributed by atoms with Crippen molar-refractivity contribution in [2.75, 3.05) is 9.80 Å². The van der Waals surface area contributed by atoms with Gasteiger partial charge in [-0.05, 0) is 121 Å². The van der Waals surface area contributed by atoms with Crippen LogP contribution in [0.5, 0.6) is 0 Å². The van der Waals surface area contributed by atoms with E-state index in [1.165, 1.54) is 113 Å². The van der Waals surface area contributed by atoms with Crippen molar-refractivity contribution in [3.05, 3.63) is 382 Å². The monoisotopic (exact) mass is 1280 g/mol. The Morgan fingerprint density at radius 3 is 1.34 bits per heavy atom. The van der Waals surface area contributed by atoms with Gasteiger partial charge in [-0.2, -0.15) is 0 Å². The summed E-state index contributed by atoms with van der Waals surface area (Å²) in [4.78, 5) is 5.28. The SMILES string of the molecule is c1ccc([SiH2]c2ccc(N3c4ccc([Si](c5ccccc5)(c5ccccc5)c5ccccc5)cc4B4c5cccc(-c6ccccc6)c5N(c5ccc([SiH](c6ccccc6)c6ccccc6)cc5)c5cc(-c6cccc(-n7c8ccccc8c8ccccc87)c6)cc3c54)cc2)cc1. The predicted molar refractivity (Wildman–Crippen MR) is 422 cm³/mol. The van der Waals surface area contributed by atoms with Crippen molar-refractivity contribution in [1.29, 1.82) is 0 Å². The molecular weight excluding hydrogens is 1220 g/mol. The number of fused-ring (bicyclic) bond motifs is 7. The average Bonchev–Trinajstić information content (AvgIpc) is 1.34. The Balaban J connectivity index is 0.935. The number of anilines is 6. The molecule has 0 bridgehead atoms. The molecule has 16 aromatic rings. The molecule has 2 aliphatic rings. The summed E-state index contributed by atoms with van der Waals surface area (Å²) < 4.78 is 2.45. The first kappa shape index (κ1) is 58.0. The summed E-state index contributed by atoms with van der Waals surface area (Å²) in [7, 11) is -5.71. The van der Waals surface area contributed by atoms with Gasteiger partial charge in [0.1, 0.15) is 8.80 Å². The van der Waals surface area contributed by atoms with Crippen LogP contribution in [0.15, 0.2) is 382 Å². The molecule has 0 saturated heterocycles. The third kappa shape index (κ3) is 10.0. The third-order valence-corrected chi connectivity index (χ3v) is 30.1. The molecule has 15 aromatic carbocycles. The van der Waals surface area contributed by atoms with Gasteiger partial charge in [-0.1, -0.05) is 341 Å². The van der Waals surface area contributed by atoms with Crippen LogP contribution in [0, 0.1) is 0 Å². The van der Waals surface area contributed by atoms with Crippen LogP contribution in [0.1, 0.15) is 0 Å². The summed E-state index contributed by atoms with van der Waals surface area (Å²) in [6, 6.07) is 145. The lowest BCUT2D eigenvalue weighted by atomic mass is 9.33. The fourth-order valence-electron chi connectivity index (χ4n) is 16.2. The molecular formula is C90H66BN3Si3. The molecule has 0 atom stereocenters. The number of hydrogen-bond acceptors (Lipinski definition) is 2. The summed E-state index contributed by atoms with van der Waals surface area (Å²) in [6.07, 6.45) is 0. The Morgan fingerprint density at radius 1 is 0.289 bits per heavy atom. The fraction of sp³-hybridized carbons (Fsp3) is 0. The molecule has 0 amide bonds. The van der Waals surface area contributed by atoms with Gasteiger partial charge in [-0.25, -0.2) is 0 Å². The molecule has 3 heterocycles. The van der Waals surface area contributed by atoms with E-state index in [9.17, 15) is 0 Å². The average molecular weight is 1280 g/mol. The van der Waals surface area contributed by atoms with Crippen molar-refractivity contribution in [3.8, 4) is 27.9 Å². The van der Waals surface area contributed by atoms with Gasteiger partial charge in [0.15, 0.2) is 8.07 Å². The van der Waals surface area contributed by atoms with E-state index in [-0.39, 0.29) is 6.71 Å². The lowest BCUT2D eigenvalue weighted by molar-refractivity contribution is 1.18. The highest BCUT2D eigenvalue weighted by Gasteiger charge is 2.47. The van der Waals surface area contributed by atoms with Crippen LogP contribution < -0.4 is 72.9 Å². The second-order valence-corrected chi connectivity index (χ2v) is 34.5. The minimum absolute atomic E-state index is 0.185. The maximum atomic E-state index is 2.67. The van der Waals surface area contributed by atoms with Crippen molar-refractivity contribution >= 4 is 152 Å². The van der Waals surface area contributed by atoms with Gasteiger partial charge in [0, 0.05) is 56.1 Å². The highest BCUT2D eigenvalue weighted by atomic mass is 28.3. The molecule has 97 heavy (non-hydrogen) atoms. The molecule has 7 heteroatoms. The second kappa shape index (κ2) is 24.6. The Kier molecular flexibility index (Phi) is 14.7. The van der Waals surface area contributed by atoms with E-state index in [1.807, 2.05) is 0 Å². The van der Waals surface area contributed by atoms with Gasteiger partial charge in [-0.15, -0.1) is 0 Å². The Bertz CT molecular complexity index is 5360. The van der Waals surface area contributed by atoms with E-state index in [2.05, 4.69) is 397 Å². The molecule has 0 saturated carbocycles. The molecule has 0 fully saturated rings. The van der Waals surface area contributed by atoms with Crippen molar-refractivity contribution in [2.45, 2.75) is 0 Å². The van der Waals surface area contributed by atoms with Crippen LogP contribution in [0.25, 0.3) is 49.7 Å². The molecule has 1 aromatic heterocycles. The summed E-state index contributed by atoms with van der Waals surface area (Å²) in [5.74, 6) is 0. The maximum absolute atomic E-state index is 3.06. The number of benzene rings is 15. The first-order valence-corrected chi connectivity index (χ1v) is 39.0. The molecule has 456 valence electrons. The fourth-order valence-corrected chi connectivity index (χ4v) is 25.4. The van der Waals surface area contributed by atoms with Crippen LogP contribution >= 0.6 is 0 Å². The summed E-state index contributed by atoms with van der Waals surface area (Å²) >= 11 is 0. The van der Waals surface area contributed by atoms with E-state index in [0.29, 0.717) is 0 Å². The smallest absolute Gasteiger partial charge is 0.252 e. The van der Waals surface area contributed by atoms with Gasteiger partial charge >= 0.3 is 0 Å². The van der Waals surface area contributed by atoms with Gasteiger partial charge in [-0.3, -0.25) is 0 Å². The number of hydrogen-bond donors (Lipinski definition) is 0. The summed E-state index contributed by atoms with van der Waals surface area (Å²) in [6.45, 7) is -0.185. The van der Waals surface area contributed by atoms with Crippen LogP contribution in [-0.2, 0) is 0 Å². The number of rotatable bonds is 14. The largest absolute Gasteiger partial charge is 0.311 e. The maximum Gasteiger partial charge on any atom is 0.252 e. The zero-order valence-corrected chi connectivity index (χ0v) is 57.1. The molecule has 18 rings (SSSR count). The zero-order chi connectivity index (χ0) is 64.2. The predicted octanol–water partition coefficient (Wildman–Crippen LogP) is 12.9. The quantitative estimate of drug-likeness (QED) is 0.0794. The van der Waals surface area contributed by atoms with E-state index < -0.39 is 26.4 Å². The minimum atomic E-state index is -3.06. The minimum Gasteiger partial charge on any atom is -0.311 e. The number of para-hydroxylation sites is 3. The first-order chi connectivity index (χ1) is 48.1. The van der Waals surface area contributed by atoms with Crippen molar-refractivity contribution in [1.82, 2.24) is 4.57 Å². The molecule has 0 N–H and O–H groups in total. The lowest BCUT2D eigenvalue weighted by Crippen LogP contribution is -2.75. The van der Waals surface area contributed by atoms with Crippen LogP contribution in [0.3, 0.4) is 0 Å². The van der Waals surface area contributed by atoms with Crippen molar-refractivity contribution in [3.63, 3.8) is 0 Å². The third-order valence-electron chi connectivity index (χ3n) is 20.4. The van der Waals surface area contributed by atoms with Gasteiger partial charge < -0.3 is 14.4 Å². The standard InChI is InChI=1S/C90H66BN3Si3/c1-8-28-64(29-9-1)79-46-27-47-82-90(79)94(68-52-56-74(57-53-68)96(72-34-12-3-13-35-72)73-36-14-4-15-37-73)88-62-66(65-30-26-31-69(60-65)93-84-48-24-22-44-80(84)81-45-23-25-49-85(81)93)61-87-89(88)91(82)83-63-78(58-59-86(83)92(87)67-50-54-71(55-51-67)95-70-32-10-2-11-33-70)97(75-38-16-5-17-39-75,76-40-18-6-19-41-76)77-42-20-7-21-43-77/h1-63,96H,95H2. The van der Waals surface area contributed by atoms with E-state index in [1.54, 1.807) is 0 Å². The highest BCUT2D eigenvalue weighted by Crippen LogP contribution is 2.48. The Labute approximate surface area is 572 Å². The molecule has 0 aliphatic carbocycles. The van der Waals surface area contributed by atoms with E-state index in [0.717, 1.165) is 33.9 Å². The van der Waals surface area contributed by atoms with Crippen molar-refractivity contribution < 1.29 is 0 Å². The van der Waals surface area contributed by atoms with Gasteiger partial charge in [0.2, 0.25) is 0 Å². The van der Waals surface area contributed by atoms with Crippen LogP contribution in [-0.4, -0.2) is 37.7 Å². The number of nitrogens with zero attached hydrogens (tertiary/aromatic N) is 3. The summed E-state index contributed by atoms with van der Waals surface area (Å²) in [5.41, 5.74) is 18.9. The van der Waals surface area contributed by atoms with Crippen LogP contribution in [0.4, 0.5) is 34.1 Å². The van der Waals surface area contributed by atoms with Crippen LogP contribution in [0.2, 0.25) is 0 Å². The van der Waals surface area contributed by atoms with E-state index in [4.69, 9.17) is 0 Å². The topological polar surface area (TPSA) is 11.4 Å². The molecule has 3 nitrogen and oxygen atoms in total. The highest BCUT2D eigenvalue weighted by molar-refractivity contribution is 7.20. The lowest BCUT2D eigenvalue weighted by Gasteiger charge is -2.45. The molecule has 2 aliphatic heterocycles. The summed E-state index contributed by atoms with van der Waals surface area (Å²) in [5, 5.41) is 14.9. The Hall–Kier alpha value is -11.6. The van der Waals surface area contributed by atoms with E-state index >= 15 is 0 Å². The zero-order valence-electron chi connectivity index (χ0n) is 53.6. The normalized spacial score (nSPS) is 12.5. The molecule has 0 radical (unpaired) electrons. The number of aromatic nitrogens is 1. The van der Waals surface area contributed by atoms with Gasteiger partial charge in [0.25, 0.3) is 6.71 Å².